The second-order valence-electron chi connectivity index (χ2n) is 11.8. The monoisotopic (exact) mass is 746 g/mol. The Morgan fingerprint density at radius 1 is 0.918 bits per heavy atom. The van der Waals surface area contributed by atoms with Crippen molar-refractivity contribution in [3.8, 4) is 28.7 Å². The molecule has 0 bridgehead atoms. The van der Waals surface area contributed by atoms with Crippen LogP contribution < -0.4 is 29.6 Å². The number of fused-ring (bicyclic) bond motifs is 1. The quantitative estimate of drug-likeness (QED) is 0.319. The largest absolute Gasteiger partial charge is 0.493 e. The van der Waals surface area contributed by atoms with E-state index in [0.29, 0.717) is 31.9 Å². The molecule has 13 nitrogen and oxygen atoms in total. The topological polar surface area (TPSA) is 139 Å². The van der Waals surface area contributed by atoms with E-state index in [-0.39, 0.29) is 35.0 Å². The number of hydrogen-bond donors (Lipinski definition) is 2. The van der Waals surface area contributed by atoms with Crippen molar-refractivity contribution < 1.29 is 50.5 Å². The van der Waals surface area contributed by atoms with Crippen LogP contribution in [0.1, 0.15) is 50.6 Å². The standard InChI is InChI=1S/C35H40BrN5O8/c1-19-12-20(2)14-21(13-19)49-27-15-22-24(17-25(27)38-33(43)23-16-28(46-5)31(47-6)32(48-7)30(23)36)37-34(44)26(40(4)35(22)45)18-29(42)41-10-8-39(3)9-11-41/h12-17,26H,8-11,18H2,1-7H3,(H,37,44)(H,38,43)/i5D3,6D3,7D3. The molecule has 14 heteroatoms. The molecule has 1 fully saturated rings. The van der Waals surface area contributed by atoms with Gasteiger partial charge in [-0.15, -0.1) is 0 Å². The first-order chi connectivity index (χ1) is 26.8. The molecule has 49 heavy (non-hydrogen) atoms. The predicted octanol–water partition coefficient (Wildman–Crippen LogP) is 4.69. The number of anilines is 2. The first kappa shape index (κ1) is 25.2. The van der Waals surface area contributed by atoms with Crippen LogP contribution in [0.2, 0.25) is 0 Å². The Balaban J connectivity index is 1.60. The molecule has 3 aromatic rings. The van der Waals surface area contributed by atoms with Crippen molar-refractivity contribution in [2.45, 2.75) is 26.3 Å². The van der Waals surface area contributed by atoms with Gasteiger partial charge in [-0.1, -0.05) is 6.07 Å². The Bertz CT molecular complexity index is 2100. The summed E-state index contributed by atoms with van der Waals surface area (Å²) in [4.78, 5) is 60.1. The van der Waals surface area contributed by atoms with Crippen LogP contribution in [0.5, 0.6) is 28.7 Å². The molecule has 1 atom stereocenters. The summed E-state index contributed by atoms with van der Waals surface area (Å²) in [7, 11) is -6.45. The zero-order valence-corrected chi connectivity index (χ0v) is 28.6. The third-order valence-electron chi connectivity index (χ3n) is 8.29. The van der Waals surface area contributed by atoms with Gasteiger partial charge in [0.2, 0.25) is 17.6 Å². The molecule has 2 aliphatic heterocycles. The molecule has 1 unspecified atom stereocenters. The predicted molar refractivity (Wildman–Crippen MR) is 187 cm³/mol. The van der Waals surface area contributed by atoms with Crippen LogP contribution >= 0.6 is 15.9 Å². The number of halogens is 1. The molecule has 3 aromatic carbocycles. The summed E-state index contributed by atoms with van der Waals surface area (Å²) in [5.41, 5.74) is 0.869. The SMILES string of the molecule is [2H]C([2H])([2H])Oc1cc(C(=O)Nc2cc3c(cc2Oc2cc(C)cc(C)c2)C(=O)N(C)C(CC(=O)N2CCN(C)CC2)C(=O)N3)c(Br)c(OC([2H])([2H])[2H])c1OC([2H])([2H])[2H]. The van der Waals surface area contributed by atoms with E-state index in [1.807, 2.05) is 27.0 Å². The molecule has 1 saturated heterocycles. The van der Waals surface area contributed by atoms with Crippen molar-refractivity contribution in [3.63, 3.8) is 0 Å². The Morgan fingerprint density at radius 2 is 1.59 bits per heavy atom. The summed E-state index contributed by atoms with van der Waals surface area (Å²) in [5, 5.41) is 5.28. The lowest BCUT2D eigenvalue weighted by molar-refractivity contribution is -0.136. The molecule has 4 amide bonds. The Hall–Kier alpha value is -4.82. The van der Waals surface area contributed by atoms with Crippen molar-refractivity contribution in [2.75, 3.05) is 72.0 Å². The summed E-state index contributed by atoms with van der Waals surface area (Å²) < 4.78 is 89.4. The molecular formula is C35H40BrN5O8. The van der Waals surface area contributed by atoms with Gasteiger partial charge in [0.1, 0.15) is 11.8 Å². The first-order valence-corrected chi connectivity index (χ1v) is 15.8. The molecule has 2 aliphatic rings. The fourth-order valence-corrected chi connectivity index (χ4v) is 6.23. The van der Waals surface area contributed by atoms with Crippen molar-refractivity contribution in [1.82, 2.24) is 14.7 Å². The Morgan fingerprint density at radius 3 is 2.27 bits per heavy atom. The number of carbonyl (C=O) groups is 4. The van der Waals surface area contributed by atoms with Crippen molar-refractivity contribution in [2.24, 2.45) is 0 Å². The second-order valence-corrected chi connectivity index (χ2v) is 12.6. The molecule has 0 aliphatic carbocycles. The average Bonchev–Trinajstić information content (AvgIpc) is 3.15. The lowest BCUT2D eigenvalue weighted by Crippen LogP contribution is -2.50. The minimum Gasteiger partial charge on any atom is -0.493 e. The van der Waals surface area contributed by atoms with Crippen LogP contribution in [0, 0.1) is 13.8 Å². The van der Waals surface area contributed by atoms with Crippen LogP contribution in [0.4, 0.5) is 11.4 Å². The van der Waals surface area contributed by atoms with Gasteiger partial charge in [0.05, 0.1) is 66.8 Å². The number of nitrogens with zero attached hydrogens (tertiary/aromatic N) is 3. The van der Waals surface area contributed by atoms with E-state index in [2.05, 4.69) is 31.5 Å². The first-order valence-electron chi connectivity index (χ1n) is 19.5. The van der Waals surface area contributed by atoms with Gasteiger partial charge < -0.3 is 44.3 Å². The van der Waals surface area contributed by atoms with Gasteiger partial charge in [0.15, 0.2) is 17.2 Å². The number of hydrogen-bond acceptors (Lipinski definition) is 9. The number of amides is 4. The number of piperazine rings is 1. The maximum absolute atomic E-state index is 14.2. The van der Waals surface area contributed by atoms with Crippen LogP contribution in [0.25, 0.3) is 0 Å². The third kappa shape index (κ3) is 7.44. The fourth-order valence-electron chi connectivity index (χ4n) is 5.68. The highest BCUT2D eigenvalue weighted by Crippen LogP contribution is 2.45. The molecule has 0 spiro atoms. The Kier molecular flexibility index (Phi) is 7.58. The number of methoxy groups -OCH3 is 3. The van der Waals surface area contributed by atoms with Crippen LogP contribution in [0.15, 0.2) is 40.9 Å². The van der Waals surface area contributed by atoms with E-state index in [0.717, 1.165) is 22.1 Å². The minimum atomic E-state index is -3.27. The van der Waals surface area contributed by atoms with Crippen LogP contribution in [-0.2, 0) is 9.59 Å². The Labute approximate surface area is 306 Å². The van der Waals surface area contributed by atoms with Crippen molar-refractivity contribution >= 4 is 50.9 Å². The van der Waals surface area contributed by atoms with Gasteiger partial charge in [0, 0.05) is 33.2 Å². The molecule has 5 rings (SSSR count). The number of likely N-dealkylation sites (N-methyl/N-ethyl adjacent to an activating group) is 2. The molecule has 2 heterocycles. The summed E-state index contributed by atoms with van der Waals surface area (Å²) in [5.74, 6) is -5.23. The maximum Gasteiger partial charge on any atom is 0.257 e. The maximum atomic E-state index is 14.2. The van der Waals surface area contributed by atoms with Crippen molar-refractivity contribution in [3.05, 3.63) is 63.1 Å². The smallest absolute Gasteiger partial charge is 0.257 e. The number of ether oxygens (including phenoxy) is 4. The van der Waals surface area contributed by atoms with Gasteiger partial charge in [0.25, 0.3) is 11.8 Å². The summed E-state index contributed by atoms with van der Waals surface area (Å²) in [6, 6.07) is 7.41. The van der Waals surface area contributed by atoms with Gasteiger partial charge in [-0.25, -0.2) is 0 Å². The van der Waals surface area contributed by atoms with Crippen molar-refractivity contribution in [1.29, 1.82) is 0 Å². The molecule has 0 saturated carbocycles. The second kappa shape index (κ2) is 14.7. The molecular weight excluding hydrogens is 698 g/mol. The van der Waals surface area contributed by atoms with Crippen LogP contribution in [-0.4, -0.2) is 106 Å². The zero-order chi connectivity index (χ0) is 43.1. The number of rotatable bonds is 9. The highest BCUT2D eigenvalue weighted by atomic mass is 79.9. The van der Waals surface area contributed by atoms with E-state index in [1.165, 1.54) is 19.2 Å². The normalized spacial score (nSPS) is 19.9. The van der Waals surface area contributed by atoms with E-state index < -0.39 is 72.2 Å². The molecule has 2 N–H and O–H groups in total. The molecule has 260 valence electrons. The lowest BCUT2D eigenvalue weighted by Gasteiger charge is -2.34. The highest BCUT2D eigenvalue weighted by molar-refractivity contribution is 9.10. The summed E-state index contributed by atoms with van der Waals surface area (Å²) >= 11 is 3.09. The van der Waals surface area contributed by atoms with E-state index in [9.17, 15) is 19.2 Å². The average molecular weight is 748 g/mol. The minimum absolute atomic E-state index is 0.0446. The molecule has 0 radical (unpaired) electrons. The molecule has 0 aromatic heterocycles. The number of aryl methyl sites for hydroxylation is 2. The van der Waals surface area contributed by atoms with E-state index in [1.54, 1.807) is 17.0 Å². The van der Waals surface area contributed by atoms with Gasteiger partial charge >= 0.3 is 0 Å². The zero-order valence-electron chi connectivity index (χ0n) is 36.1. The highest BCUT2D eigenvalue weighted by Gasteiger charge is 2.37. The number of carbonyl (C=O) groups excluding carboxylic acids is 4. The lowest BCUT2D eigenvalue weighted by atomic mass is 10.1. The van der Waals surface area contributed by atoms with Gasteiger partial charge in [-0.3, -0.25) is 19.2 Å². The van der Waals surface area contributed by atoms with Gasteiger partial charge in [-0.05, 0) is 78.3 Å². The third-order valence-corrected chi connectivity index (χ3v) is 9.08. The van der Waals surface area contributed by atoms with E-state index in [4.69, 9.17) is 31.3 Å². The van der Waals surface area contributed by atoms with E-state index >= 15 is 0 Å². The summed E-state index contributed by atoms with van der Waals surface area (Å²) in [6.45, 7) is 5.88. The number of benzene rings is 3. The number of nitrogens with one attached hydrogen (secondary N) is 2. The summed E-state index contributed by atoms with van der Waals surface area (Å²) in [6.07, 6.45) is -0.294. The van der Waals surface area contributed by atoms with Crippen LogP contribution in [0.3, 0.4) is 0 Å². The fraction of sp³-hybridized carbons (Fsp3) is 0.371. The van der Waals surface area contributed by atoms with Gasteiger partial charge in [-0.2, -0.15) is 0 Å².